The molecule has 0 amide bonds. The number of nitrogens with zero attached hydrogens (tertiary/aromatic N) is 4. The average molecular weight is 955 g/mol. The van der Waals surface area contributed by atoms with E-state index in [9.17, 15) is 29.8 Å². The summed E-state index contributed by atoms with van der Waals surface area (Å²) in [5.74, 6) is 7.34. The van der Waals surface area contributed by atoms with Crippen LogP contribution in [-0.4, -0.2) is 60.2 Å². The third-order valence-corrected chi connectivity index (χ3v) is 13.8. The highest BCUT2D eigenvalue weighted by Crippen LogP contribution is 2.93. The molecule has 5 aromatic rings. The number of rotatable bonds is 12. The molecule has 0 aromatic heterocycles. The SMILES string of the molecule is N#Cc1ccc(C#Cc2ccc(C(=O)OCCOC(=O)C3(C(=O)OCCOC(=O)c4ccc(C#Cc5ccc(C#N)cc5)cc4[N+](=O)[O-])C45C6=CC=C7Cc8cccc(c8C734)C=C5CC6)c([N+](=O)[O-])c2)cc1. The van der Waals surface area contributed by atoms with Gasteiger partial charge in [-0.05, 0) is 109 Å². The lowest BCUT2D eigenvalue weighted by Gasteiger charge is -2.29. The van der Waals surface area contributed by atoms with Crippen LogP contribution in [0.2, 0.25) is 0 Å². The molecule has 0 saturated heterocycles. The third kappa shape index (κ3) is 7.01. The Kier molecular flexibility index (Phi) is 11.4. The minimum atomic E-state index is -2.00. The van der Waals surface area contributed by atoms with Gasteiger partial charge < -0.3 is 18.9 Å². The largest absolute Gasteiger partial charge is 0.461 e. The topological polar surface area (TPSA) is 239 Å². The molecule has 16 nitrogen and oxygen atoms in total. The summed E-state index contributed by atoms with van der Waals surface area (Å²) in [5.41, 5.74) is 1.39. The lowest BCUT2D eigenvalue weighted by Crippen LogP contribution is -2.39. The molecule has 0 heterocycles. The molecule has 2 fully saturated rings. The van der Waals surface area contributed by atoms with E-state index in [0.717, 1.165) is 45.5 Å². The monoisotopic (exact) mass is 954 g/mol. The van der Waals surface area contributed by atoms with Crippen LogP contribution in [0.3, 0.4) is 0 Å². The Morgan fingerprint density at radius 3 is 1.49 bits per heavy atom. The number of nitriles is 2. The number of esters is 4. The molecule has 350 valence electrons. The first-order valence-electron chi connectivity index (χ1n) is 22.4. The van der Waals surface area contributed by atoms with E-state index < -0.39 is 87.8 Å². The van der Waals surface area contributed by atoms with Crippen molar-refractivity contribution in [2.45, 2.75) is 24.7 Å². The molecule has 16 heteroatoms. The minimum Gasteiger partial charge on any atom is -0.461 e. The zero-order valence-electron chi connectivity index (χ0n) is 37.7. The molecule has 2 saturated carbocycles. The van der Waals surface area contributed by atoms with Crippen LogP contribution < -0.4 is 0 Å². The highest BCUT2D eigenvalue weighted by atomic mass is 16.6. The Hall–Kier alpha value is -9.90. The number of hydrogen-bond acceptors (Lipinski definition) is 14. The first-order valence-corrected chi connectivity index (χ1v) is 22.4. The van der Waals surface area contributed by atoms with Crippen molar-refractivity contribution in [3.8, 4) is 35.8 Å². The van der Waals surface area contributed by atoms with Crippen LogP contribution >= 0.6 is 0 Å². The maximum Gasteiger partial charge on any atom is 0.345 e. The smallest absolute Gasteiger partial charge is 0.345 e. The third-order valence-electron chi connectivity index (χ3n) is 13.8. The normalized spacial score (nSPS) is 18.2. The van der Waals surface area contributed by atoms with Crippen LogP contribution in [0.15, 0.2) is 132 Å². The quantitative estimate of drug-likeness (QED) is 0.0222. The first-order chi connectivity index (χ1) is 34.9. The van der Waals surface area contributed by atoms with Crippen molar-refractivity contribution in [2.24, 2.45) is 10.8 Å². The highest BCUT2D eigenvalue weighted by molar-refractivity contribution is 6.15. The van der Waals surface area contributed by atoms with Gasteiger partial charge in [0.2, 0.25) is 0 Å². The number of allylic oxidation sites excluding steroid dienone is 5. The Bertz CT molecular complexity index is 3420. The van der Waals surface area contributed by atoms with Crippen LogP contribution in [0.4, 0.5) is 11.4 Å². The molecule has 10 rings (SSSR count). The van der Waals surface area contributed by atoms with Gasteiger partial charge in [-0.15, -0.1) is 0 Å². The summed E-state index contributed by atoms with van der Waals surface area (Å²) >= 11 is 0. The second-order valence-corrected chi connectivity index (χ2v) is 17.3. The summed E-state index contributed by atoms with van der Waals surface area (Å²) in [6.45, 7) is -2.13. The zero-order chi connectivity index (χ0) is 50.4. The standard InChI is InChI=1S/C56H34N4O12/c57-32-38-12-6-34(7-13-38)4-10-36-16-22-45(47(28-36)59(65)66)50(61)69-24-26-71-52(63)56(54-42-18-20-43(54)30-40-2-1-3-41-31-44(21-19-42)55(54,56)49(40)41)53(64)72-27-25-70-51(62)46-23-17-37(29-48(46)60(67)68)11-5-35-8-14-39(33-58)15-9-35/h1-3,6-9,12-17,19,21-23,28-30H,18,20,24-27,31H2. The van der Waals surface area contributed by atoms with Crippen LogP contribution in [-0.2, 0) is 40.4 Å². The average Bonchev–Trinajstić information content (AvgIpc) is 3.58. The number of hydrogen-bond donors (Lipinski definition) is 0. The van der Waals surface area contributed by atoms with E-state index in [0.29, 0.717) is 41.5 Å². The summed E-state index contributed by atoms with van der Waals surface area (Å²) in [7, 11) is 0. The van der Waals surface area contributed by atoms with E-state index in [2.05, 4.69) is 23.7 Å². The van der Waals surface area contributed by atoms with Gasteiger partial charge in [-0.25, -0.2) is 9.59 Å². The van der Waals surface area contributed by atoms with Gasteiger partial charge >= 0.3 is 23.9 Å². The Balaban J connectivity index is 0.858. The van der Waals surface area contributed by atoms with Crippen molar-refractivity contribution in [3.05, 3.63) is 213 Å². The van der Waals surface area contributed by atoms with Crippen LogP contribution in [0.25, 0.3) is 6.08 Å². The lowest BCUT2D eigenvalue weighted by molar-refractivity contribution is -0.385. The van der Waals surface area contributed by atoms with E-state index in [4.69, 9.17) is 29.5 Å². The molecule has 2 unspecified atom stereocenters. The van der Waals surface area contributed by atoms with Crippen LogP contribution in [0, 0.1) is 77.4 Å². The van der Waals surface area contributed by atoms with E-state index in [-0.39, 0.29) is 22.3 Å². The van der Waals surface area contributed by atoms with Crippen molar-refractivity contribution in [1.82, 2.24) is 0 Å². The molecule has 2 spiro atoms. The van der Waals surface area contributed by atoms with Gasteiger partial charge in [0, 0.05) is 34.4 Å². The molecule has 5 aromatic carbocycles. The van der Waals surface area contributed by atoms with E-state index in [1.165, 1.54) is 24.3 Å². The Morgan fingerprint density at radius 2 is 0.986 bits per heavy atom. The predicted octanol–water partition coefficient (Wildman–Crippen LogP) is 7.68. The van der Waals surface area contributed by atoms with Gasteiger partial charge in [-0.3, -0.25) is 29.8 Å². The van der Waals surface area contributed by atoms with E-state index in [1.54, 1.807) is 48.5 Å². The number of nitro benzene ring substituents is 2. The number of carbonyl (C=O) groups is 4. The van der Waals surface area contributed by atoms with Crippen molar-refractivity contribution in [3.63, 3.8) is 0 Å². The molecule has 5 aliphatic carbocycles. The van der Waals surface area contributed by atoms with Gasteiger partial charge in [0.25, 0.3) is 11.4 Å². The second-order valence-electron chi connectivity index (χ2n) is 17.3. The fourth-order valence-corrected chi connectivity index (χ4v) is 11.1. The summed E-state index contributed by atoms with van der Waals surface area (Å²) in [6, 6.07) is 30.2. The Morgan fingerprint density at radius 1 is 0.542 bits per heavy atom. The van der Waals surface area contributed by atoms with E-state index >= 15 is 9.59 Å². The van der Waals surface area contributed by atoms with Gasteiger partial charge in [-0.2, -0.15) is 10.5 Å². The number of nitro groups is 2. The molecule has 0 bridgehead atoms. The molecule has 0 radical (unpaired) electrons. The van der Waals surface area contributed by atoms with Crippen molar-refractivity contribution in [2.75, 3.05) is 26.4 Å². The van der Waals surface area contributed by atoms with Crippen molar-refractivity contribution in [1.29, 1.82) is 10.5 Å². The fraction of sp³-hybridized carbons (Fsp3) is 0.179. The molecule has 0 N–H and O–H groups in total. The maximum atomic E-state index is 15.1. The number of carbonyl (C=O) groups excluding carboxylic acids is 4. The molecular formula is C56H34N4O12. The Labute approximate surface area is 409 Å². The van der Waals surface area contributed by atoms with Crippen molar-refractivity contribution < 1.29 is 48.0 Å². The highest BCUT2D eigenvalue weighted by Gasteiger charge is 3.00. The zero-order valence-corrected chi connectivity index (χ0v) is 37.7. The van der Waals surface area contributed by atoms with Crippen molar-refractivity contribution >= 4 is 41.3 Å². The summed E-state index contributed by atoms with van der Waals surface area (Å²) in [6.07, 6.45) is 7.47. The van der Waals surface area contributed by atoms with E-state index in [1.807, 2.05) is 48.6 Å². The molecular weight excluding hydrogens is 921 g/mol. The molecule has 0 aliphatic heterocycles. The second kappa shape index (κ2) is 17.9. The van der Waals surface area contributed by atoms with Crippen LogP contribution in [0.5, 0.6) is 0 Å². The molecule has 5 aliphatic rings. The summed E-state index contributed by atoms with van der Waals surface area (Å²) in [4.78, 5) is 79.4. The number of ether oxygens (including phenoxy) is 4. The van der Waals surface area contributed by atoms with Gasteiger partial charge in [0.1, 0.15) is 37.6 Å². The number of benzene rings is 5. The lowest BCUT2D eigenvalue weighted by atomic mass is 9.72. The predicted molar refractivity (Wildman–Crippen MR) is 253 cm³/mol. The van der Waals surface area contributed by atoms with Gasteiger partial charge in [0.05, 0.1) is 43.9 Å². The fourth-order valence-electron chi connectivity index (χ4n) is 11.1. The molecule has 2 atom stereocenters. The van der Waals surface area contributed by atoms with Crippen LogP contribution in [0.1, 0.15) is 83.6 Å². The maximum absolute atomic E-state index is 15.1. The molecule has 72 heavy (non-hydrogen) atoms. The first kappa shape index (κ1) is 45.9. The summed E-state index contributed by atoms with van der Waals surface area (Å²) < 4.78 is 22.6. The van der Waals surface area contributed by atoms with Gasteiger partial charge in [-0.1, -0.05) is 76.8 Å². The van der Waals surface area contributed by atoms with Gasteiger partial charge in [0.15, 0.2) is 5.41 Å². The minimum absolute atomic E-state index is 0.242. The summed E-state index contributed by atoms with van der Waals surface area (Å²) in [5, 5.41) is 42.3.